The zero-order chi connectivity index (χ0) is 8.39. The van der Waals surface area contributed by atoms with Gasteiger partial charge in [0.15, 0.2) is 0 Å². The molecule has 3 heteroatoms. The third-order valence-electron chi connectivity index (χ3n) is 2.55. The van der Waals surface area contributed by atoms with E-state index in [-0.39, 0.29) is 0 Å². The number of aromatic nitrogens is 2. The lowest BCUT2D eigenvalue weighted by atomic mass is 10.1. The van der Waals surface area contributed by atoms with Gasteiger partial charge in [-0.15, -0.1) is 0 Å². The molecule has 0 bridgehead atoms. The van der Waals surface area contributed by atoms with Gasteiger partial charge in [0.25, 0.3) is 0 Å². The van der Waals surface area contributed by atoms with Crippen LogP contribution in [0.15, 0.2) is 6.33 Å². The van der Waals surface area contributed by atoms with E-state index < -0.39 is 0 Å². The molecule has 1 aromatic heterocycles. The van der Waals surface area contributed by atoms with E-state index in [1.54, 1.807) is 0 Å². The van der Waals surface area contributed by atoms with Gasteiger partial charge in [0.05, 0.1) is 12.0 Å². The van der Waals surface area contributed by atoms with Crippen LogP contribution in [0.2, 0.25) is 0 Å². The molecular formula is C9H15N3. The molecule has 12 heavy (non-hydrogen) atoms. The van der Waals surface area contributed by atoms with Gasteiger partial charge in [0.2, 0.25) is 0 Å². The topological polar surface area (TPSA) is 40.7 Å². The number of hydrogen-bond acceptors (Lipinski definition) is 2. The molecule has 0 saturated carbocycles. The Morgan fingerprint density at radius 2 is 2.58 bits per heavy atom. The summed E-state index contributed by atoms with van der Waals surface area (Å²) in [5.74, 6) is 0. The van der Waals surface area contributed by atoms with Crippen molar-refractivity contribution in [2.75, 3.05) is 6.54 Å². The molecule has 66 valence electrons. The van der Waals surface area contributed by atoms with E-state index in [9.17, 15) is 0 Å². The average Bonchev–Trinajstić information content (AvgIpc) is 2.43. The number of nitrogens with one attached hydrogen (secondary N) is 2. The van der Waals surface area contributed by atoms with Gasteiger partial charge in [0.1, 0.15) is 0 Å². The summed E-state index contributed by atoms with van der Waals surface area (Å²) in [4.78, 5) is 7.51. The van der Waals surface area contributed by atoms with Crippen molar-refractivity contribution in [1.82, 2.24) is 15.3 Å². The van der Waals surface area contributed by atoms with Gasteiger partial charge in [0, 0.05) is 31.1 Å². The van der Waals surface area contributed by atoms with E-state index in [1.165, 1.54) is 17.8 Å². The summed E-state index contributed by atoms with van der Waals surface area (Å²) in [5, 5.41) is 3.50. The van der Waals surface area contributed by atoms with Crippen molar-refractivity contribution in [1.29, 1.82) is 0 Å². The van der Waals surface area contributed by atoms with Crippen molar-refractivity contribution in [2.45, 2.75) is 32.2 Å². The molecule has 0 radical (unpaired) electrons. The normalized spacial score (nSPS) is 23.2. The first-order valence-electron chi connectivity index (χ1n) is 4.64. The number of H-pyrrole nitrogens is 1. The molecule has 2 N–H and O–H groups in total. The Morgan fingerprint density at radius 1 is 1.67 bits per heavy atom. The Kier molecular flexibility index (Phi) is 2.13. The van der Waals surface area contributed by atoms with Crippen LogP contribution >= 0.6 is 0 Å². The average molecular weight is 165 g/mol. The molecule has 1 aromatic rings. The van der Waals surface area contributed by atoms with Crippen LogP contribution in [-0.2, 0) is 12.8 Å². The van der Waals surface area contributed by atoms with Crippen molar-refractivity contribution >= 4 is 0 Å². The molecule has 0 amide bonds. The van der Waals surface area contributed by atoms with E-state index in [4.69, 9.17) is 0 Å². The van der Waals surface area contributed by atoms with E-state index in [0.717, 1.165) is 19.4 Å². The fraction of sp³-hybridized carbons (Fsp3) is 0.667. The maximum Gasteiger partial charge on any atom is 0.0925 e. The summed E-state index contributed by atoms with van der Waals surface area (Å²) in [6.45, 7) is 3.29. The monoisotopic (exact) mass is 165 g/mol. The molecule has 3 nitrogen and oxygen atoms in total. The fourth-order valence-electron chi connectivity index (χ4n) is 1.74. The van der Waals surface area contributed by atoms with E-state index >= 15 is 0 Å². The largest absolute Gasteiger partial charge is 0.348 e. The van der Waals surface area contributed by atoms with Crippen LogP contribution in [-0.4, -0.2) is 22.6 Å². The second-order valence-corrected chi connectivity index (χ2v) is 3.34. The number of nitrogens with zero attached hydrogens (tertiary/aromatic N) is 1. The van der Waals surface area contributed by atoms with E-state index in [1.807, 2.05) is 6.33 Å². The molecule has 0 aromatic carbocycles. The van der Waals surface area contributed by atoms with Gasteiger partial charge in [-0.2, -0.15) is 0 Å². The van der Waals surface area contributed by atoms with Crippen LogP contribution in [0.3, 0.4) is 0 Å². The first-order valence-corrected chi connectivity index (χ1v) is 4.64. The Morgan fingerprint density at radius 3 is 3.42 bits per heavy atom. The number of hydrogen-bond donors (Lipinski definition) is 2. The van der Waals surface area contributed by atoms with Gasteiger partial charge >= 0.3 is 0 Å². The first-order chi connectivity index (χ1) is 5.90. The number of aromatic amines is 1. The molecule has 0 fully saturated rings. The quantitative estimate of drug-likeness (QED) is 0.648. The van der Waals surface area contributed by atoms with Gasteiger partial charge in [-0.3, -0.25) is 0 Å². The molecule has 0 spiro atoms. The Hall–Kier alpha value is -0.830. The molecule has 0 saturated heterocycles. The van der Waals surface area contributed by atoms with Crippen LogP contribution in [0, 0.1) is 0 Å². The van der Waals surface area contributed by atoms with Crippen molar-refractivity contribution < 1.29 is 0 Å². The summed E-state index contributed by atoms with van der Waals surface area (Å²) in [6, 6.07) is 0.620. The maximum atomic E-state index is 4.32. The highest BCUT2D eigenvalue weighted by molar-refractivity contribution is 5.14. The Labute approximate surface area is 72.6 Å². The number of rotatable bonds is 1. The highest BCUT2D eigenvalue weighted by Crippen LogP contribution is 2.11. The smallest absolute Gasteiger partial charge is 0.0925 e. The molecule has 1 atom stereocenters. The van der Waals surface area contributed by atoms with Gasteiger partial charge < -0.3 is 10.3 Å². The van der Waals surface area contributed by atoms with Gasteiger partial charge in [-0.1, -0.05) is 6.92 Å². The third-order valence-corrected chi connectivity index (χ3v) is 2.55. The SMILES string of the molecule is CC[C@H]1Cc2nc[nH]c2CCN1. The van der Waals surface area contributed by atoms with Crippen LogP contribution in [0.4, 0.5) is 0 Å². The number of fused-ring (bicyclic) bond motifs is 1. The standard InChI is InChI=1S/C9H15N3/c1-2-7-5-9-8(3-4-10-7)11-6-12-9/h6-7,10H,2-5H2,1H3,(H,11,12)/t7-/m0/s1. The summed E-state index contributed by atoms with van der Waals surface area (Å²) < 4.78 is 0. The van der Waals surface area contributed by atoms with Crippen LogP contribution in [0.1, 0.15) is 24.7 Å². The summed E-state index contributed by atoms with van der Waals surface area (Å²) in [5.41, 5.74) is 2.57. The summed E-state index contributed by atoms with van der Waals surface area (Å²) in [7, 11) is 0. The van der Waals surface area contributed by atoms with Crippen molar-refractivity contribution in [3.05, 3.63) is 17.7 Å². The minimum Gasteiger partial charge on any atom is -0.348 e. The Balaban J connectivity index is 2.18. The fourth-order valence-corrected chi connectivity index (χ4v) is 1.74. The second-order valence-electron chi connectivity index (χ2n) is 3.34. The highest BCUT2D eigenvalue weighted by atomic mass is 15.0. The predicted octanol–water partition coefficient (Wildman–Crippen LogP) is 0.876. The summed E-state index contributed by atoms with van der Waals surface area (Å²) >= 11 is 0. The minimum absolute atomic E-state index is 0.620. The van der Waals surface area contributed by atoms with Crippen LogP contribution < -0.4 is 5.32 Å². The molecular weight excluding hydrogens is 150 g/mol. The lowest BCUT2D eigenvalue weighted by molar-refractivity contribution is 0.509. The highest BCUT2D eigenvalue weighted by Gasteiger charge is 2.15. The van der Waals surface area contributed by atoms with Crippen LogP contribution in [0.5, 0.6) is 0 Å². The second kappa shape index (κ2) is 3.27. The van der Waals surface area contributed by atoms with E-state index in [2.05, 4.69) is 22.2 Å². The third kappa shape index (κ3) is 1.37. The van der Waals surface area contributed by atoms with Crippen LogP contribution in [0.25, 0.3) is 0 Å². The molecule has 1 aliphatic rings. The summed E-state index contributed by atoms with van der Waals surface area (Å²) in [6.07, 6.45) is 5.16. The molecule has 2 heterocycles. The maximum absolute atomic E-state index is 4.32. The van der Waals surface area contributed by atoms with Crippen molar-refractivity contribution in [3.8, 4) is 0 Å². The number of imidazole rings is 1. The zero-order valence-electron chi connectivity index (χ0n) is 7.43. The Bertz CT molecular complexity index is 254. The molecule has 1 aliphatic heterocycles. The zero-order valence-corrected chi connectivity index (χ0v) is 7.43. The lowest BCUT2D eigenvalue weighted by Gasteiger charge is -2.11. The van der Waals surface area contributed by atoms with Crippen molar-refractivity contribution in [3.63, 3.8) is 0 Å². The lowest BCUT2D eigenvalue weighted by Crippen LogP contribution is -2.29. The molecule has 0 aliphatic carbocycles. The van der Waals surface area contributed by atoms with Gasteiger partial charge in [-0.25, -0.2) is 4.98 Å². The molecule has 2 rings (SSSR count). The van der Waals surface area contributed by atoms with Crippen molar-refractivity contribution in [2.24, 2.45) is 0 Å². The first kappa shape index (κ1) is 7.80. The predicted molar refractivity (Wildman–Crippen MR) is 48.1 cm³/mol. The van der Waals surface area contributed by atoms with E-state index in [0.29, 0.717) is 6.04 Å². The minimum atomic E-state index is 0.620. The molecule has 0 unspecified atom stereocenters. The van der Waals surface area contributed by atoms with Gasteiger partial charge in [-0.05, 0) is 6.42 Å².